The molecule has 2 aromatic carbocycles. The minimum absolute atomic E-state index is 0.0980. The van der Waals surface area contributed by atoms with Crippen molar-refractivity contribution in [2.45, 2.75) is 37.3 Å². The number of piperazine rings is 1. The predicted octanol–water partition coefficient (Wildman–Crippen LogP) is 4.43. The van der Waals surface area contributed by atoms with Crippen molar-refractivity contribution in [3.8, 4) is 0 Å². The van der Waals surface area contributed by atoms with E-state index in [0.717, 1.165) is 11.1 Å². The van der Waals surface area contributed by atoms with Gasteiger partial charge in [-0.2, -0.15) is 26.3 Å². The molecule has 2 aliphatic rings. The molecule has 0 spiro atoms. The molecule has 1 aliphatic carbocycles. The maximum absolute atomic E-state index is 13.9. The number of rotatable bonds is 4. The first-order chi connectivity index (χ1) is 15.9. The van der Waals surface area contributed by atoms with Crippen LogP contribution in [0.25, 0.3) is 0 Å². The molecule has 1 N–H and O–H groups in total. The molecule has 1 saturated heterocycles. The van der Waals surface area contributed by atoms with Gasteiger partial charge in [-0.25, -0.2) is 0 Å². The molecule has 1 aliphatic heterocycles. The molecule has 1 amide bonds. The normalized spacial score (nSPS) is 21.4. The average Bonchev–Trinajstić information content (AvgIpc) is 3.18. The molecule has 2 aromatic rings. The Kier molecular flexibility index (Phi) is 6.41. The van der Waals surface area contributed by atoms with E-state index in [4.69, 9.17) is 0 Å². The monoisotopic (exact) mass is 485 g/mol. The van der Waals surface area contributed by atoms with Crippen LogP contribution < -0.4 is 5.32 Å². The highest BCUT2D eigenvalue weighted by atomic mass is 19.4. The summed E-state index contributed by atoms with van der Waals surface area (Å²) in [5, 5.41) is 3.25. The van der Waals surface area contributed by atoms with Crippen LogP contribution >= 0.6 is 0 Å². The molecular weight excluding hydrogens is 460 g/mol. The molecule has 0 aromatic heterocycles. The molecule has 0 bridgehead atoms. The van der Waals surface area contributed by atoms with Gasteiger partial charge < -0.3 is 10.2 Å². The van der Waals surface area contributed by atoms with E-state index < -0.39 is 29.0 Å². The first-order valence-corrected chi connectivity index (χ1v) is 11.0. The van der Waals surface area contributed by atoms with Gasteiger partial charge in [0, 0.05) is 39.8 Å². The molecule has 1 atom stereocenters. The second-order valence-electron chi connectivity index (χ2n) is 8.83. The Morgan fingerprint density at radius 2 is 1.59 bits per heavy atom. The number of alkyl halides is 6. The van der Waals surface area contributed by atoms with Crippen molar-refractivity contribution in [3.05, 3.63) is 70.3 Å². The first-order valence-electron chi connectivity index (χ1n) is 11.0. The first kappa shape index (κ1) is 24.5. The summed E-state index contributed by atoms with van der Waals surface area (Å²) in [5.74, 6) is -0.328. The maximum Gasteiger partial charge on any atom is 0.416 e. The highest BCUT2D eigenvalue weighted by Gasteiger charge is 2.51. The minimum Gasteiger partial charge on any atom is -0.340 e. The van der Waals surface area contributed by atoms with E-state index in [0.29, 0.717) is 51.2 Å². The summed E-state index contributed by atoms with van der Waals surface area (Å²) in [7, 11) is 1.43. The van der Waals surface area contributed by atoms with Gasteiger partial charge in [-0.3, -0.25) is 9.69 Å². The quantitative estimate of drug-likeness (QED) is 0.651. The van der Waals surface area contributed by atoms with Crippen LogP contribution in [0, 0.1) is 0 Å². The number of fused-ring (bicyclic) bond motifs is 1. The maximum atomic E-state index is 13.9. The fourth-order valence-corrected chi connectivity index (χ4v) is 5.10. The lowest BCUT2D eigenvalue weighted by molar-refractivity contribution is -0.145. The third kappa shape index (κ3) is 4.53. The van der Waals surface area contributed by atoms with E-state index >= 15 is 0 Å². The van der Waals surface area contributed by atoms with Crippen molar-refractivity contribution in [1.29, 1.82) is 0 Å². The van der Waals surface area contributed by atoms with Gasteiger partial charge in [-0.15, -0.1) is 0 Å². The largest absolute Gasteiger partial charge is 0.416 e. The highest BCUT2D eigenvalue weighted by molar-refractivity contribution is 5.89. The molecule has 34 heavy (non-hydrogen) atoms. The van der Waals surface area contributed by atoms with Crippen molar-refractivity contribution in [2.24, 2.45) is 0 Å². The van der Waals surface area contributed by atoms with Gasteiger partial charge in [0.2, 0.25) is 5.91 Å². The molecule has 1 heterocycles. The Bertz CT molecular complexity index is 1030. The number of nitrogens with zero attached hydrogens (tertiary/aromatic N) is 2. The van der Waals surface area contributed by atoms with E-state index in [-0.39, 0.29) is 24.1 Å². The summed E-state index contributed by atoms with van der Waals surface area (Å²) < 4.78 is 79.7. The number of amides is 1. The molecule has 184 valence electrons. The van der Waals surface area contributed by atoms with Gasteiger partial charge in [0.1, 0.15) is 5.54 Å². The van der Waals surface area contributed by atoms with Crippen molar-refractivity contribution in [1.82, 2.24) is 15.1 Å². The van der Waals surface area contributed by atoms with Crippen LogP contribution in [0.3, 0.4) is 0 Å². The number of benzene rings is 2. The Morgan fingerprint density at radius 1 is 1.00 bits per heavy atom. The molecule has 0 radical (unpaired) electrons. The molecule has 10 heteroatoms. The van der Waals surface area contributed by atoms with Gasteiger partial charge in [-0.05, 0) is 47.7 Å². The van der Waals surface area contributed by atoms with Gasteiger partial charge in [0.15, 0.2) is 0 Å². The molecule has 1 unspecified atom stereocenters. The van der Waals surface area contributed by atoms with E-state index in [9.17, 15) is 31.1 Å². The lowest BCUT2D eigenvalue weighted by Gasteiger charge is -2.44. The lowest BCUT2D eigenvalue weighted by Crippen LogP contribution is -2.60. The number of aryl methyl sites for hydroxylation is 1. The van der Waals surface area contributed by atoms with Gasteiger partial charge in [-0.1, -0.05) is 24.3 Å². The lowest BCUT2D eigenvalue weighted by atomic mass is 9.87. The van der Waals surface area contributed by atoms with Crippen LogP contribution in [0.15, 0.2) is 42.5 Å². The Hall–Kier alpha value is -2.59. The topological polar surface area (TPSA) is 35.6 Å². The second-order valence-corrected chi connectivity index (χ2v) is 8.83. The van der Waals surface area contributed by atoms with E-state index in [1.165, 1.54) is 11.9 Å². The molecular formula is C24H25F6N3O. The molecule has 1 fully saturated rings. The van der Waals surface area contributed by atoms with E-state index in [1.807, 2.05) is 24.3 Å². The second kappa shape index (κ2) is 8.88. The zero-order valence-corrected chi connectivity index (χ0v) is 18.6. The van der Waals surface area contributed by atoms with Crippen molar-refractivity contribution in [2.75, 3.05) is 33.2 Å². The van der Waals surface area contributed by atoms with Crippen LogP contribution in [0.5, 0.6) is 0 Å². The summed E-state index contributed by atoms with van der Waals surface area (Å²) in [4.78, 5) is 17.3. The van der Waals surface area contributed by atoms with Crippen molar-refractivity contribution < 1.29 is 31.1 Å². The van der Waals surface area contributed by atoms with Gasteiger partial charge in [0.25, 0.3) is 0 Å². The fourth-order valence-electron chi connectivity index (χ4n) is 5.10. The molecule has 4 nitrogen and oxygen atoms in total. The van der Waals surface area contributed by atoms with Crippen LogP contribution in [0.4, 0.5) is 26.3 Å². The third-order valence-corrected chi connectivity index (χ3v) is 6.64. The number of hydrogen-bond acceptors (Lipinski definition) is 3. The zero-order chi connectivity index (χ0) is 24.7. The molecule has 4 rings (SSSR count). The fraction of sp³-hybridized carbons (Fsp3) is 0.458. The smallest absolute Gasteiger partial charge is 0.340 e. The summed E-state index contributed by atoms with van der Waals surface area (Å²) in [6.07, 6.45) is -8.70. The number of hydrogen-bond donors (Lipinski definition) is 1. The number of halogens is 6. The number of likely N-dealkylation sites (N-methyl/N-ethyl adjacent to an activating group) is 1. The Balaban J connectivity index is 1.70. The van der Waals surface area contributed by atoms with E-state index in [1.54, 1.807) is 0 Å². The standard InChI is InChI=1S/C24H25F6N3O/c1-32(15-16-12-18(23(25,26)27)14-19(13-16)24(28,29)30)21(34)22(33-10-8-31-9-11-33)7-6-17-4-2-3-5-20(17)22/h2-5,12-14,31H,6-11,15H2,1H3. The molecule has 0 saturated carbocycles. The minimum atomic E-state index is -4.94. The van der Waals surface area contributed by atoms with Crippen LogP contribution in [0.1, 0.15) is 34.2 Å². The SMILES string of the molecule is CN(Cc1cc(C(F)(F)F)cc(C(F)(F)F)c1)C(=O)C1(N2CCNCC2)CCc2ccccc21. The average molecular weight is 485 g/mol. The van der Waals surface area contributed by atoms with Gasteiger partial charge >= 0.3 is 12.4 Å². The number of carbonyl (C=O) groups excluding carboxylic acids is 1. The van der Waals surface area contributed by atoms with E-state index in [2.05, 4.69) is 10.2 Å². The Morgan fingerprint density at radius 3 is 2.18 bits per heavy atom. The van der Waals surface area contributed by atoms with Crippen molar-refractivity contribution in [3.63, 3.8) is 0 Å². The predicted molar refractivity (Wildman–Crippen MR) is 114 cm³/mol. The third-order valence-electron chi connectivity index (χ3n) is 6.64. The van der Waals surface area contributed by atoms with Gasteiger partial charge in [0.05, 0.1) is 11.1 Å². The Labute approximate surface area is 193 Å². The van der Waals surface area contributed by atoms with Crippen molar-refractivity contribution >= 4 is 5.91 Å². The summed E-state index contributed by atoms with van der Waals surface area (Å²) in [6, 6.07) is 9.04. The summed E-state index contributed by atoms with van der Waals surface area (Å²) in [5.41, 5.74) is -2.11. The summed E-state index contributed by atoms with van der Waals surface area (Å²) in [6.45, 7) is 2.21. The summed E-state index contributed by atoms with van der Waals surface area (Å²) >= 11 is 0. The number of nitrogens with one attached hydrogen (secondary N) is 1. The highest BCUT2D eigenvalue weighted by Crippen LogP contribution is 2.44. The van der Waals surface area contributed by atoms with Crippen LogP contribution in [-0.4, -0.2) is 48.9 Å². The zero-order valence-electron chi connectivity index (χ0n) is 18.6. The van der Waals surface area contributed by atoms with Crippen LogP contribution in [0.2, 0.25) is 0 Å². The van der Waals surface area contributed by atoms with Crippen LogP contribution in [-0.2, 0) is 35.7 Å². The number of carbonyl (C=O) groups is 1.